The van der Waals surface area contributed by atoms with Gasteiger partial charge in [0.05, 0.1) is 0 Å². The average molecular weight is 298 g/mol. The van der Waals surface area contributed by atoms with Crippen molar-refractivity contribution in [1.29, 1.82) is 0 Å². The van der Waals surface area contributed by atoms with Crippen molar-refractivity contribution in [2.45, 2.75) is 19.3 Å². The number of rotatable bonds is 6. The van der Waals surface area contributed by atoms with Crippen LogP contribution in [0.4, 0.5) is 0 Å². The molecule has 1 aromatic carbocycles. The Kier molecular flexibility index (Phi) is 5.54. The van der Waals surface area contributed by atoms with Gasteiger partial charge in [-0.1, -0.05) is 30.3 Å². The second kappa shape index (κ2) is 7.17. The van der Waals surface area contributed by atoms with Crippen molar-refractivity contribution in [3.8, 4) is 0 Å². The summed E-state index contributed by atoms with van der Waals surface area (Å²) in [6, 6.07) is 9.80. The lowest BCUT2D eigenvalue weighted by Crippen LogP contribution is -2.47. The number of benzene rings is 1. The van der Waals surface area contributed by atoms with Crippen LogP contribution in [-0.2, 0) is 16.6 Å². The molecule has 1 atom stereocenters. The summed E-state index contributed by atoms with van der Waals surface area (Å²) in [5.41, 5.74) is 1.11. The molecule has 0 bridgehead atoms. The smallest absolute Gasteiger partial charge is 0.279 e. The van der Waals surface area contributed by atoms with Gasteiger partial charge in [0.2, 0.25) is 0 Å². The highest BCUT2D eigenvalue weighted by Crippen LogP contribution is 2.17. The molecular formula is C14H22N2O3S. The Morgan fingerprint density at radius 2 is 2.05 bits per heavy atom. The van der Waals surface area contributed by atoms with E-state index in [1.165, 1.54) is 4.31 Å². The van der Waals surface area contributed by atoms with Gasteiger partial charge < -0.3 is 5.11 Å². The van der Waals surface area contributed by atoms with E-state index >= 15 is 0 Å². The highest BCUT2D eigenvalue weighted by atomic mass is 32.2. The fourth-order valence-electron chi connectivity index (χ4n) is 2.45. The standard InChI is InChI=1S/C14H22N2O3S/c17-12-14-7-4-10-16(11-14)20(18,19)15-9-8-13-5-2-1-3-6-13/h1-3,5-6,14-15,17H,4,7-12H2. The summed E-state index contributed by atoms with van der Waals surface area (Å²) in [6.07, 6.45) is 2.38. The lowest BCUT2D eigenvalue weighted by atomic mass is 10.0. The Labute approximate surface area is 120 Å². The molecule has 112 valence electrons. The number of aliphatic hydroxyl groups excluding tert-OH is 1. The van der Waals surface area contributed by atoms with E-state index in [0.717, 1.165) is 18.4 Å². The second-order valence-corrected chi connectivity index (χ2v) is 6.94. The Balaban J connectivity index is 1.84. The molecule has 1 aromatic rings. The van der Waals surface area contributed by atoms with Crippen molar-refractivity contribution in [2.24, 2.45) is 5.92 Å². The van der Waals surface area contributed by atoms with Gasteiger partial charge in [-0.25, -0.2) is 4.72 Å². The molecule has 1 aliphatic rings. The molecule has 0 amide bonds. The molecule has 20 heavy (non-hydrogen) atoms. The molecule has 0 aromatic heterocycles. The lowest BCUT2D eigenvalue weighted by molar-refractivity contribution is 0.165. The normalized spacial score (nSPS) is 20.9. The third-order valence-corrected chi connectivity index (χ3v) is 5.20. The number of aliphatic hydroxyl groups is 1. The van der Waals surface area contributed by atoms with Gasteiger partial charge in [-0.15, -0.1) is 0 Å². The molecule has 0 aliphatic carbocycles. The van der Waals surface area contributed by atoms with Crippen LogP contribution in [0.2, 0.25) is 0 Å². The SMILES string of the molecule is O=S(=O)(NCCc1ccccc1)N1CCCC(CO)C1. The number of nitrogens with one attached hydrogen (secondary N) is 1. The van der Waals surface area contributed by atoms with Crippen LogP contribution in [0, 0.1) is 5.92 Å². The summed E-state index contributed by atoms with van der Waals surface area (Å²) in [5, 5.41) is 9.16. The minimum absolute atomic E-state index is 0.0516. The van der Waals surface area contributed by atoms with Gasteiger partial charge in [0.25, 0.3) is 10.2 Å². The first-order chi connectivity index (χ1) is 9.62. The second-order valence-electron chi connectivity index (χ2n) is 5.18. The maximum Gasteiger partial charge on any atom is 0.279 e. The maximum absolute atomic E-state index is 12.2. The zero-order chi connectivity index (χ0) is 14.4. The first kappa shape index (κ1) is 15.4. The summed E-state index contributed by atoms with van der Waals surface area (Å²) < 4.78 is 28.4. The third-order valence-electron chi connectivity index (χ3n) is 3.62. The van der Waals surface area contributed by atoms with Gasteiger partial charge in [0, 0.05) is 26.2 Å². The van der Waals surface area contributed by atoms with E-state index in [4.69, 9.17) is 5.11 Å². The van der Waals surface area contributed by atoms with Gasteiger partial charge in [0.1, 0.15) is 0 Å². The molecule has 1 heterocycles. The minimum atomic E-state index is -3.42. The molecule has 1 fully saturated rings. The molecule has 2 rings (SSSR count). The monoisotopic (exact) mass is 298 g/mol. The van der Waals surface area contributed by atoms with Crippen LogP contribution < -0.4 is 4.72 Å². The van der Waals surface area contributed by atoms with Crippen LogP contribution in [0.5, 0.6) is 0 Å². The quantitative estimate of drug-likeness (QED) is 0.815. The third kappa shape index (κ3) is 4.28. The average Bonchev–Trinajstić information content (AvgIpc) is 2.48. The van der Waals surface area contributed by atoms with Gasteiger partial charge in [-0.05, 0) is 30.7 Å². The predicted molar refractivity (Wildman–Crippen MR) is 78.5 cm³/mol. The number of hydrogen-bond acceptors (Lipinski definition) is 3. The van der Waals surface area contributed by atoms with E-state index in [-0.39, 0.29) is 12.5 Å². The van der Waals surface area contributed by atoms with Crippen molar-refractivity contribution >= 4 is 10.2 Å². The topological polar surface area (TPSA) is 69.6 Å². The fourth-order valence-corrected chi connectivity index (χ4v) is 3.77. The minimum Gasteiger partial charge on any atom is -0.396 e. The lowest BCUT2D eigenvalue weighted by Gasteiger charge is -2.30. The highest BCUT2D eigenvalue weighted by Gasteiger charge is 2.27. The van der Waals surface area contributed by atoms with Gasteiger partial charge in [-0.3, -0.25) is 0 Å². The summed E-state index contributed by atoms with van der Waals surface area (Å²) >= 11 is 0. The van der Waals surface area contributed by atoms with Gasteiger partial charge >= 0.3 is 0 Å². The summed E-state index contributed by atoms with van der Waals surface area (Å²) in [7, 11) is -3.42. The zero-order valence-corrected chi connectivity index (χ0v) is 12.3. The Morgan fingerprint density at radius 3 is 2.75 bits per heavy atom. The number of hydrogen-bond donors (Lipinski definition) is 2. The van der Waals surface area contributed by atoms with Crippen LogP contribution in [0.25, 0.3) is 0 Å². The fraction of sp³-hybridized carbons (Fsp3) is 0.571. The van der Waals surface area contributed by atoms with Crippen LogP contribution in [0.1, 0.15) is 18.4 Å². The van der Waals surface area contributed by atoms with Crippen molar-refractivity contribution in [2.75, 3.05) is 26.2 Å². The molecular weight excluding hydrogens is 276 g/mol. The van der Waals surface area contributed by atoms with Gasteiger partial charge in [-0.2, -0.15) is 12.7 Å². The van der Waals surface area contributed by atoms with E-state index in [0.29, 0.717) is 26.1 Å². The van der Waals surface area contributed by atoms with E-state index in [2.05, 4.69) is 4.72 Å². The largest absolute Gasteiger partial charge is 0.396 e. The molecule has 0 saturated carbocycles. The molecule has 6 heteroatoms. The summed E-state index contributed by atoms with van der Waals surface area (Å²) in [4.78, 5) is 0. The van der Waals surface area contributed by atoms with E-state index in [1.54, 1.807) is 0 Å². The van der Waals surface area contributed by atoms with Crippen molar-refractivity contribution in [1.82, 2.24) is 9.03 Å². The molecule has 0 radical (unpaired) electrons. The van der Waals surface area contributed by atoms with Crippen molar-refractivity contribution in [3.05, 3.63) is 35.9 Å². The predicted octanol–water partition coefficient (Wildman–Crippen LogP) is 0.768. The zero-order valence-electron chi connectivity index (χ0n) is 11.5. The Bertz CT molecular complexity index is 504. The van der Waals surface area contributed by atoms with Crippen LogP contribution in [0.3, 0.4) is 0 Å². The summed E-state index contributed by atoms with van der Waals surface area (Å²) in [6.45, 7) is 1.40. The van der Waals surface area contributed by atoms with Crippen molar-refractivity contribution in [3.63, 3.8) is 0 Å². The summed E-state index contributed by atoms with van der Waals surface area (Å²) in [5.74, 6) is 0.0643. The van der Waals surface area contributed by atoms with E-state index < -0.39 is 10.2 Å². The molecule has 0 spiro atoms. The number of nitrogens with zero attached hydrogens (tertiary/aromatic N) is 1. The van der Waals surface area contributed by atoms with Crippen LogP contribution >= 0.6 is 0 Å². The molecule has 1 aliphatic heterocycles. The first-order valence-electron chi connectivity index (χ1n) is 7.01. The van der Waals surface area contributed by atoms with Crippen molar-refractivity contribution < 1.29 is 13.5 Å². The first-order valence-corrected chi connectivity index (χ1v) is 8.45. The van der Waals surface area contributed by atoms with Crippen LogP contribution in [-0.4, -0.2) is 44.1 Å². The number of piperidine rings is 1. The Morgan fingerprint density at radius 1 is 1.30 bits per heavy atom. The molecule has 5 nitrogen and oxygen atoms in total. The van der Waals surface area contributed by atoms with Gasteiger partial charge in [0.15, 0.2) is 0 Å². The van der Waals surface area contributed by atoms with Crippen LogP contribution in [0.15, 0.2) is 30.3 Å². The maximum atomic E-state index is 12.2. The molecule has 2 N–H and O–H groups in total. The molecule has 1 unspecified atom stereocenters. The van der Waals surface area contributed by atoms with E-state index in [1.807, 2.05) is 30.3 Å². The Hall–Kier alpha value is -0.950. The molecule has 1 saturated heterocycles. The van der Waals surface area contributed by atoms with E-state index in [9.17, 15) is 8.42 Å². The highest BCUT2D eigenvalue weighted by molar-refractivity contribution is 7.87.